The van der Waals surface area contributed by atoms with Crippen LogP contribution in [0.1, 0.15) is 37.5 Å². The van der Waals surface area contributed by atoms with Crippen LogP contribution < -0.4 is 4.74 Å². The Kier molecular flexibility index (Phi) is 9.61. The third-order valence-electron chi connectivity index (χ3n) is 2.77. The Hall–Kier alpha value is -2.09. The normalized spacial score (nSPS) is 8.67. The van der Waals surface area contributed by atoms with Gasteiger partial charge in [-0.3, -0.25) is 4.79 Å². The Morgan fingerprint density at radius 3 is 1.48 bits per heavy atom. The van der Waals surface area contributed by atoms with Crippen molar-refractivity contribution >= 4 is 5.97 Å². The number of para-hydroxylation sites is 1. The van der Waals surface area contributed by atoms with E-state index in [4.69, 9.17) is 4.74 Å². The van der Waals surface area contributed by atoms with E-state index in [0.717, 1.165) is 5.56 Å². The molecule has 0 N–H and O–H groups in total. The number of benzene rings is 2. The van der Waals surface area contributed by atoms with Crippen LogP contribution in [0.15, 0.2) is 48.5 Å². The van der Waals surface area contributed by atoms with Gasteiger partial charge in [-0.2, -0.15) is 0 Å². The molecule has 0 radical (unpaired) electrons. The highest BCUT2D eigenvalue weighted by molar-refractivity contribution is 5.69. The van der Waals surface area contributed by atoms with Gasteiger partial charge in [0.25, 0.3) is 0 Å². The van der Waals surface area contributed by atoms with Crippen LogP contribution in [0.3, 0.4) is 0 Å². The van der Waals surface area contributed by atoms with Crippen LogP contribution in [0.4, 0.5) is 0 Å². The minimum Gasteiger partial charge on any atom is -0.426 e. The van der Waals surface area contributed by atoms with Gasteiger partial charge in [0.05, 0.1) is 0 Å². The van der Waals surface area contributed by atoms with Crippen LogP contribution in [-0.4, -0.2) is 5.97 Å². The molecule has 0 unspecified atom stereocenters. The molecule has 0 atom stereocenters. The van der Waals surface area contributed by atoms with E-state index in [-0.39, 0.29) is 5.97 Å². The van der Waals surface area contributed by atoms with Gasteiger partial charge < -0.3 is 4.74 Å². The molecule has 2 nitrogen and oxygen atoms in total. The maximum absolute atomic E-state index is 10.5. The third kappa shape index (κ3) is 7.93. The van der Waals surface area contributed by atoms with Gasteiger partial charge in [0.2, 0.25) is 0 Å². The fourth-order valence-electron chi connectivity index (χ4n) is 1.49. The van der Waals surface area contributed by atoms with Crippen LogP contribution in [0.25, 0.3) is 0 Å². The van der Waals surface area contributed by atoms with Crippen molar-refractivity contribution < 1.29 is 9.53 Å². The molecular formula is C19H26O2. The lowest BCUT2D eigenvalue weighted by Crippen LogP contribution is -2.02. The second kappa shape index (κ2) is 10.7. The summed E-state index contributed by atoms with van der Waals surface area (Å²) < 4.78 is 4.91. The van der Waals surface area contributed by atoms with Crippen molar-refractivity contribution in [3.8, 4) is 5.75 Å². The molecule has 2 aromatic carbocycles. The molecule has 0 bridgehead atoms. The van der Waals surface area contributed by atoms with Crippen molar-refractivity contribution in [2.24, 2.45) is 0 Å². The summed E-state index contributed by atoms with van der Waals surface area (Å²) in [6.07, 6.45) is 0. The molecule has 114 valence electrons. The van der Waals surface area contributed by atoms with Crippen LogP contribution in [-0.2, 0) is 4.79 Å². The second-order valence-corrected chi connectivity index (χ2v) is 4.44. The second-order valence-electron chi connectivity index (χ2n) is 4.44. The van der Waals surface area contributed by atoms with E-state index in [0.29, 0.717) is 5.75 Å². The van der Waals surface area contributed by atoms with E-state index in [9.17, 15) is 4.79 Å². The van der Waals surface area contributed by atoms with Gasteiger partial charge in [-0.05, 0) is 43.5 Å². The van der Waals surface area contributed by atoms with Crippen molar-refractivity contribution in [3.63, 3.8) is 0 Å². The van der Waals surface area contributed by atoms with E-state index < -0.39 is 0 Å². The standard InChI is InChI=1S/C9H10O2.C8H10.C2H6/c1-7-5-3-4-6-9(7)11-8(2)10;1-7-5-3-4-6-8(7)2;1-2/h3-6H,1-2H3;3-6H,1-2H3;1-2H3. The number of carbonyl (C=O) groups excluding carboxylic acids is 1. The van der Waals surface area contributed by atoms with Crippen molar-refractivity contribution in [1.82, 2.24) is 0 Å². The molecule has 0 aliphatic rings. The van der Waals surface area contributed by atoms with Crippen molar-refractivity contribution in [2.75, 3.05) is 0 Å². The van der Waals surface area contributed by atoms with Gasteiger partial charge in [-0.15, -0.1) is 0 Å². The average molecular weight is 286 g/mol. The predicted molar refractivity (Wildman–Crippen MR) is 89.8 cm³/mol. The summed E-state index contributed by atoms with van der Waals surface area (Å²) in [7, 11) is 0. The van der Waals surface area contributed by atoms with Crippen molar-refractivity contribution in [3.05, 3.63) is 65.2 Å². The smallest absolute Gasteiger partial charge is 0.308 e. The maximum Gasteiger partial charge on any atom is 0.308 e. The highest BCUT2D eigenvalue weighted by Crippen LogP contribution is 2.15. The van der Waals surface area contributed by atoms with Gasteiger partial charge >= 0.3 is 5.97 Å². The number of aryl methyl sites for hydroxylation is 3. The Labute approximate surface area is 128 Å². The lowest BCUT2D eigenvalue weighted by molar-refractivity contribution is -0.131. The van der Waals surface area contributed by atoms with E-state index in [1.807, 2.05) is 39.0 Å². The lowest BCUT2D eigenvalue weighted by atomic mass is 10.1. The summed E-state index contributed by atoms with van der Waals surface area (Å²) in [4.78, 5) is 10.5. The number of hydrogen-bond acceptors (Lipinski definition) is 2. The molecule has 0 aliphatic heterocycles. The van der Waals surface area contributed by atoms with Gasteiger partial charge in [-0.1, -0.05) is 56.3 Å². The lowest BCUT2D eigenvalue weighted by Gasteiger charge is -2.02. The topological polar surface area (TPSA) is 26.3 Å². The first-order chi connectivity index (χ1) is 10.0. The average Bonchev–Trinajstić information content (AvgIpc) is 2.47. The SMILES string of the molecule is CC.CC(=O)Oc1ccccc1C.Cc1ccccc1C. The highest BCUT2D eigenvalue weighted by atomic mass is 16.5. The van der Waals surface area contributed by atoms with E-state index in [1.165, 1.54) is 18.1 Å². The molecule has 0 aliphatic carbocycles. The Morgan fingerprint density at radius 1 is 0.762 bits per heavy atom. The zero-order valence-corrected chi connectivity index (χ0v) is 13.9. The number of carbonyl (C=O) groups is 1. The Bertz CT molecular complexity index is 524. The first-order valence-corrected chi connectivity index (χ1v) is 7.27. The first-order valence-electron chi connectivity index (χ1n) is 7.27. The van der Waals surface area contributed by atoms with Crippen LogP contribution in [0.5, 0.6) is 5.75 Å². The zero-order valence-electron chi connectivity index (χ0n) is 13.9. The summed E-state index contributed by atoms with van der Waals surface area (Å²) in [5.74, 6) is 0.360. The minimum atomic E-state index is -0.278. The number of hydrogen-bond donors (Lipinski definition) is 0. The molecule has 2 aromatic rings. The summed E-state index contributed by atoms with van der Waals surface area (Å²) in [6.45, 7) is 11.5. The predicted octanol–water partition coefficient (Wildman–Crippen LogP) is 5.25. The third-order valence-corrected chi connectivity index (χ3v) is 2.77. The molecule has 21 heavy (non-hydrogen) atoms. The molecule has 0 heterocycles. The van der Waals surface area contributed by atoms with Gasteiger partial charge in [-0.25, -0.2) is 0 Å². The Morgan fingerprint density at radius 2 is 1.14 bits per heavy atom. The number of esters is 1. The van der Waals surface area contributed by atoms with E-state index in [1.54, 1.807) is 6.07 Å². The number of rotatable bonds is 1. The Balaban J connectivity index is 0.000000354. The van der Waals surface area contributed by atoms with Crippen LogP contribution in [0.2, 0.25) is 0 Å². The van der Waals surface area contributed by atoms with E-state index in [2.05, 4.69) is 38.1 Å². The van der Waals surface area contributed by atoms with Gasteiger partial charge in [0, 0.05) is 6.92 Å². The summed E-state index contributed by atoms with van der Waals surface area (Å²) >= 11 is 0. The summed E-state index contributed by atoms with van der Waals surface area (Å²) in [5.41, 5.74) is 3.71. The maximum atomic E-state index is 10.5. The quantitative estimate of drug-likeness (QED) is 0.528. The number of ether oxygens (including phenoxy) is 1. The first kappa shape index (κ1) is 18.9. The highest BCUT2D eigenvalue weighted by Gasteiger charge is 1.99. The molecule has 0 saturated heterocycles. The molecular weight excluding hydrogens is 260 g/mol. The molecule has 0 saturated carbocycles. The minimum absolute atomic E-state index is 0.278. The van der Waals surface area contributed by atoms with Crippen LogP contribution in [0, 0.1) is 20.8 Å². The fraction of sp³-hybridized carbons (Fsp3) is 0.316. The van der Waals surface area contributed by atoms with Crippen molar-refractivity contribution in [1.29, 1.82) is 0 Å². The molecule has 0 aromatic heterocycles. The molecule has 0 fully saturated rings. The van der Waals surface area contributed by atoms with E-state index >= 15 is 0 Å². The van der Waals surface area contributed by atoms with Crippen molar-refractivity contribution in [2.45, 2.75) is 41.5 Å². The van der Waals surface area contributed by atoms with Gasteiger partial charge in [0.15, 0.2) is 0 Å². The zero-order chi connectivity index (χ0) is 16.3. The monoisotopic (exact) mass is 286 g/mol. The summed E-state index contributed by atoms with van der Waals surface area (Å²) in [5, 5.41) is 0. The summed E-state index contributed by atoms with van der Waals surface area (Å²) in [6, 6.07) is 15.8. The molecule has 0 spiro atoms. The molecule has 2 heteroatoms. The fourth-order valence-corrected chi connectivity index (χ4v) is 1.49. The molecule has 2 rings (SSSR count). The molecule has 0 amide bonds. The van der Waals surface area contributed by atoms with Gasteiger partial charge in [0.1, 0.15) is 5.75 Å². The van der Waals surface area contributed by atoms with Crippen LogP contribution >= 0.6 is 0 Å². The largest absolute Gasteiger partial charge is 0.426 e.